The van der Waals surface area contributed by atoms with Gasteiger partial charge in [0.1, 0.15) is 25.3 Å². The second kappa shape index (κ2) is 14.1. The van der Waals surface area contributed by atoms with Gasteiger partial charge in [-0.2, -0.15) is 0 Å². The Morgan fingerprint density at radius 1 is 0.375 bits per heavy atom. The predicted octanol–water partition coefficient (Wildman–Crippen LogP) is 6.19. The monoisotopic (exact) mass is 660 g/mol. The summed E-state index contributed by atoms with van der Waals surface area (Å²) < 4.78 is 12.8. The topological polar surface area (TPSA) is 43.2 Å². The Hall–Kier alpha value is -4.88. The van der Waals surface area contributed by atoms with E-state index in [4.69, 9.17) is 19.5 Å². The van der Waals surface area contributed by atoms with Gasteiger partial charge in [-0.25, -0.2) is 9.98 Å². The molecule has 0 spiro atoms. The van der Waals surface area contributed by atoms with Gasteiger partial charge in [0, 0.05) is 11.1 Å². The van der Waals surface area contributed by atoms with Crippen LogP contribution in [0.3, 0.4) is 0 Å². The molecule has 2 atom stereocenters. The minimum absolute atomic E-state index is 0.123. The highest BCUT2D eigenvalue weighted by Crippen LogP contribution is 2.36. The molecule has 48 heavy (non-hydrogen) atoms. The first-order chi connectivity index (χ1) is 23.8. The second-order valence-corrected chi connectivity index (χ2v) is 16.0. The van der Waals surface area contributed by atoms with E-state index in [9.17, 15) is 0 Å². The van der Waals surface area contributed by atoms with E-state index in [1.54, 1.807) is 0 Å². The predicted molar refractivity (Wildman–Crippen MR) is 203 cm³/mol. The molecule has 0 aromatic heterocycles. The molecule has 2 aliphatic heterocycles. The van der Waals surface area contributed by atoms with Gasteiger partial charge in [0.25, 0.3) is 0 Å². The third-order valence-corrected chi connectivity index (χ3v) is 13.6. The molecular formula is C42H34N2O2P2. The maximum atomic E-state index is 6.38. The highest BCUT2D eigenvalue weighted by molar-refractivity contribution is 7.80. The van der Waals surface area contributed by atoms with E-state index in [0.717, 1.165) is 11.1 Å². The van der Waals surface area contributed by atoms with Crippen LogP contribution < -0.4 is 31.8 Å². The summed E-state index contributed by atoms with van der Waals surface area (Å²) in [4.78, 5) is 10.3. The van der Waals surface area contributed by atoms with Gasteiger partial charge in [0.15, 0.2) is 0 Å². The van der Waals surface area contributed by atoms with E-state index >= 15 is 0 Å². The minimum atomic E-state index is -0.805. The molecule has 6 aromatic carbocycles. The van der Waals surface area contributed by atoms with Gasteiger partial charge in [-0.1, -0.05) is 158 Å². The lowest BCUT2D eigenvalue weighted by molar-refractivity contribution is 0.263. The van der Waals surface area contributed by atoms with E-state index < -0.39 is 15.8 Å². The van der Waals surface area contributed by atoms with E-state index in [1.807, 2.05) is 0 Å². The molecule has 6 heteroatoms. The molecule has 2 unspecified atom stereocenters. The molecule has 4 nitrogen and oxygen atoms in total. The van der Waals surface area contributed by atoms with Crippen molar-refractivity contribution in [2.75, 3.05) is 13.2 Å². The molecule has 234 valence electrons. The van der Waals surface area contributed by atoms with E-state index in [1.165, 1.54) is 31.8 Å². The van der Waals surface area contributed by atoms with Gasteiger partial charge >= 0.3 is 0 Å². The molecule has 0 bridgehead atoms. The van der Waals surface area contributed by atoms with Crippen LogP contribution in [0.25, 0.3) is 0 Å². The summed E-state index contributed by atoms with van der Waals surface area (Å²) in [5.41, 5.74) is 2.09. The van der Waals surface area contributed by atoms with E-state index in [-0.39, 0.29) is 12.1 Å². The van der Waals surface area contributed by atoms with Gasteiger partial charge < -0.3 is 9.47 Å². The van der Waals surface area contributed by atoms with Crippen LogP contribution in [-0.4, -0.2) is 37.1 Å². The Bertz CT molecular complexity index is 1820. The average molecular weight is 661 g/mol. The molecule has 0 N–H and O–H groups in total. The first-order valence-corrected chi connectivity index (χ1v) is 18.9. The molecule has 2 aliphatic rings. The number of aliphatic imine (C=N–C) groups is 2. The number of hydrogen-bond donors (Lipinski definition) is 0. The molecule has 0 aliphatic carbocycles. The summed E-state index contributed by atoms with van der Waals surface area (Å²) in [5.74, 6) is 1.38. The maximum absolute atomic E-state index is 6.38. The van der Waals surface area contributed by atoms with Crippen molar-refractivity contribution in [1.82, 2.24) is 0 Å². The number of hydrogen-bond acceptors (Lipinski definition) is 4. The maximum Gasteiger partial charge on any atom is 0.217 e. The van der Waals surface area contributed by atoms with Gasteiger partial charge in [0.2, 0.25) is 11.8 Å². The van der Waals surface area contributed by atoms with Crippen molar-refractivity contribution in [2.45, 2.75) is 12.1 Å². The summed E-state index contributed by atoms with van der Waals surface area (Å²) in [6.45, 7) is 0.955. The fraction of sp³-hybridized carbons (Fsp3) is 0.0952. The molecule has 0 radical (unpaired) electrons. The average Bonchev–Trinajstić information content (AvgIpc) is 3.85. The lowest BCUT2D eigenvalue weighted by atomic mass is 10.1. The van der Waals surface area contributed by atoms with Crippen LogP contribution in [0.1, 0.15) is 11.1 Å². The second-order valence-electron chi connectivity index (χ2n) is 11.7. The summed E-state index contributed by atoms with van der Waals surface area (Å²) in [5, 5.41) is 7.66. The Kier molecular flexibility index (Phi) is 8.93. The third kappa shape index (κ3) is 6.22. The highest BCUT2D eigenvalue weighted by Gasteiger charge is 2.35. The quantitative estimate of drug-likeness (QED) is 0.174. The fourth-order valence-electron chi connectivity index (χ4n) is 6.33. The van der Waals surface area contributed by atoms with Gasteiger partial charge in [-0.05, 0) is 59.8 Å². The van der Waals surface area contributed by atoms with Crippen molar-refractivity contribution in [2.24, 2.45) is 9.98 Å². The number of ether oxygens (including phenoxy) is 2. The largest absolute Gasteiger partial charge is 0.475 e. The molecule has 2 heterocycles. The number of rotatable bonds is 9. The normalized spacial score (nSPS) is 17.1. The zero-order chi connectivity index (χ0) is 32.1. The first kappa shape index (κ1) is 30.5. The first-order valence-electron chi connectivity index (χ1n) is 16.2. The van der Waals surface area contributed by atoms with Crippen LogP contribution in [0.15, 0.2) is 180 Å². The Balaban J connectivity index is 1.12. The van der Waals surface area contributed by atoms with E-state index in [2.05, 4.69) is 170 Å². The molecule has 0 amide bonds. The van der Waals surface area contributed by atoms with Crippen LogP contribution in [0, 0.1) is 0 Å². The molecule has 8 rings (SSSR count). The zero-order valence-electron chi connectivity index (χ0n) is 26.3. The van der Waals surface area contributed by atoms with Crippen molar-refractivity contribution >= 4 is 59.5 Å². The number of benzene rings is 6. The molecule has 0 saturated carbocycles. The molecule has 6 aromatic rings. The standard InChI is InChI=1S/C42H34N2O2P2/c1-5-17-31(18-6-1)47(32-19-7-2-8-20-32)39-27-15-13-25-35(39)41-43-37(29-45-41)38-30-46-42(44-38)36-26-14-16-28-40(36)48(33-21-9-3-10-22-33)34-23-11-4-12-24-34/h1-28,37-38H,29-30H2. The van der Waals surface area contributed by atoms with Crippen molar-refractivity contribution in [3.63, 3.8) is 0 Å². The van der Waals surface area contributed by atoms with Crippen LogP contribution in [0.4, 0.5) is 0 Å². The smallest absolute Gasteiger partial charge is 0.217 e. The van der Waals surface area contributed by atoms with Crippen LogP contribution in [0.5, 0.6) is 0 Å². The lowest BCUT2D eigenvalue weighted by Crippen LogP contribution is -2.25. The molecule has 0 fully saturated rings. The SMILES string of the molecule is c1ccc(P(c2ccccc2)c2ccccc2C2=NC(C3COC(c4ccccc4P(c4ccccc4)c4ccccc4)=N3)CO2)cc1. The summed E-state index contributed by atoms with van der Waals surface area (Å²) >= 11 is 0. The van der Waals surface area contributed by atoms with Crippen LogP contribution in [0.2, 0.25) is 0 Å². The fourth-order valence-corrected chi connectivity index (χ4v) is 11.2. The summed E-state index contributed by atoms with van der Waals surface area (Å²) in [6.07, 6.45) is 0. The van der Waals surface area contributed by atoms with Crippen LogP contribution >= 0.6 is 15.8 Å². The molecular weight excluding hydrogens is 626 g/mol. The van der Waals surface area contributed by atoms with Crippen molar-refractivity contribution < 1.29 is 9.47 Å². The van der Waals surface area contributed by atoms with Crippen molar-refractivity contribution in [3.8, 4) is 0 Å². The Morgan fingerprint density at radius 2 is 0.667 bits per heavy atom. The summed E-state index contributed by atoms with van der Waals surface area (Å²) in [6, 6.07) is 59.9. The van der Waals surface area contributed by atoms with Crippen molar-refractivity contribution in [3.05, 3.63) is 181 Å². The third-order valence-electron chi connectivity index (χ3n) is 8.60. The number of nitrogens with zero attached hydrogens (tertiary/aromatic N) is 2. The van der Waals surface area contributed by atoms with Crippen molar-refractivity contribution in [1.29, 1.82) is 0 Å². The highest BCUT2D eigenvalue weighted by atomic mass is 31.1. The minimum Gasteiger partial charge on any atom is -0.475 e. The summed E-state index contributed by atoms with van der Waals surface area (Å²) in [7, 11) is -1.61. The van der Waals surface area contributed by atoms with Gasteiger partial charge in [-0.3, -0.25) is 0 Å². The van der Waals surface area contributed by atoms with E-state index in [0.29, 0.717) is 25.0 Å². The van der Waals surface area contributed by atoms with Crippen LogP contribution in [-0.2, 0) is 9.47 Å². The van der Waals surface area contributed by atoms with Gasteiger partial charge in [0.05, 0.1) is 0 Å². The zero-order valence-corrected chi connectivity index (χ0v) is 28.1. The Morgan fingerprint density at radius 3 is 1.00 bits per heavy atom. The molecule has 0 saturated heterocycles. The van der Waals surface area contributed by atoms with Gasteiger partial charge in [-0.15, -0.1) is 0 Å². The Labute approximate surface area is 284 Å². The lowest BCUT2D eigenvalue weighted by Gasteiger charge is -2.22.